The van der Waals surface area contributed by atoms with Crippen LogP contribution in [0.25, 0.3) is 0 Å². The standard InChI is InChI=1S/C23H48N4O2/c1-27(15-7-3-5-9-17-29)23-11-13-24-19-21(23)22-18-20(10-14-26-22)25-12-6-2-4-8-16-28/h20-26,28-29H,2-19H2,1H3. The maximum absolute atomic E-state index is 8.94. The van der Waals surface area contributed by atoms with Gasteiger partial charge in [0.15, 0.2) is 0 Å². The summed E-state index contributed by atoms with van der Waals surface area (Å²) in [7, 11) is 2.32. The monoisotopic (exact) mass is 412 g/mol. The van der Waals surface area contributed by atoms with Crippen LogP contribution in [0.2, 0.25) is 0 Å². The van der Waals surface area contributed by atoms with Gasteiger partial charge < -0.3 is 31.1 Å². The Morgan fingerprint density at radius 1 is 0.897 bits per heavy atom. The molecule has 0 spiro atoms. The van der Waals surface area contributed by atoms with Crippen molar-refractivity contribution in [2.24, 2.45) is 5.92 Å². The van der Waals surface area contributed by atoms with Crippen LogP contribution in [0.5, 0.6) is 0 Å². The molecule has 2 rings (SSSR count). The van der Waals surface area contributed by atoms with E-state index in [2.05, 4.69) is 27.9 Å². The van der Waals surface area contributed by atoms with E-state index in [0.29, 0.717) is 37.3 Å². The second-order valence-corrected chi connectivity index (χ2v) is 9.22. The molecule has 4 atom stereocenters. The average Bonchev–Trinajstić information content (AvgIpc) is 2.76. The van der Waals surface area contributed by atoms with Gasteiger partial charge in [-0.05, 0) is 78.2 Å². The van der Waals surface area contributed by atoms with Crippen molar-refractivity contribution < 1.29 is 10.2 Å². The van der Waals surface area contributed by atoms with E-state index in [0.717, 1.165) is 51.9 Å². The molecule has 0 aromatic heterocycles. The Bertz CT molecular complexity index is 399. The van der Waals surface area contributed by atoms with Gasteiger partial charge in [-0.15, -0.1) is 0 Å². The van der Waals surface area contributed by atoms with Gasteiger partial charge in [0.2, 0.25) is 0 Å². The first-order chi connectivity index (χ1) is 14.3. The third-order valence-corrected chi connectivity index (χ3v) is 6.95. The predicted octanol–water partition coefficient (Wildman–Crippen LogP) is 1.71. The van der Waals surface area contributed by atoms with Crippen LogP contribution in [0.3, 0.4) is 0 Å². The van der Waals surface area contributed by atoms with Gasteiger partial charge in [-0.25, -0.2) is 0 Å². The van der Waals surface area contributed by atoms with Crippen molar-refractivity contribution in [1.82, 2.24) is 20.9 Å². The zero-order chi connectivity index (χ0) is 20.7. The molecular weight excluding hydrogens is 364 g/mol. The summed E-state index contributed by atoms with van der Waals surface area (Å²) in [5, 5.41) is 29.1. The third kappa shape index (κ3) is 9.62. The predicted molar refractivity (Wildman–Crippen MR) is 121 cm³/mol. The molecule has 0 aromatic carbocycles. The van der Waals surface area contributed by atoms with Gasteiger partial charge in [-0.2, -0.15) is 0 Å². The van der Waals surface area contributed by atoms with E-state index in [9.17, 15) is 0 Å². The van der Waals surface area contributed by atoms with Gasteiger partial charge in [0, 0.05) is 43.8 Å². The molecule has 0 saturated carbocycles. The molecule has 0 bridgehead atoms. The highest BCUT2D eigenvalue weighted by Crippen LogP contribution is 2.26. The van der Waals surface area contributed by atoms with E-state index < -0.39 is 0 Å². The molecule has 6 nitrogen and oxygen atoms in total. The van der Waals surface area contributed by atoms with Gasteiger partial charge in [-0.3, -0.25) is 0 Å². The Morgan fingerprint density at radius 3 is 2.38 bits per heavy atom. The third-order valence-electron chi connectivity index (χ3n) is 6.95. The highest BCUT2D eigenvalue weighted by Gasteiger charge is 2.36. The van der Waals surface area contributed by atoms with Crippen molar-refractivity contribution in [3.8, 4) is 0 Å². The molecule has 2 aliphatic rings. The molecule has 6 heteroatoms. The highest BCUT2D eigenvalue weighted by atomic mass is 16.3. The molecule has 0 aliphatic carbocycles. The fourth-order valence-electron chi connectivity index (χ4n) is 5.18. The van der Waals surface area contributed by atoms with Crippen molar-refractivity contribution in [3.63, 3.8) is 0 Å². The van der Waals surface area contributed by atoms with Gasteiger partial charge in [0.1, 0.15) is 0 Å². The van der Waals surface area contributed by atoms with E-state index in [1.54, 1.807) is 0 Å². The fourth-order valence-corrected chi connectivity index (χ4v) is 5.18. The fraction of sp³-hybridized carbons (Fsp3) is 1.00. The van der Waals surface area contributed by atoms with Gasteiger partial charge in [-0.1, -0.05) is 25.7 Å². The lowest BCUT2D eigenvalue weighted by Gasteiger charge is -2.45. The molecule has 5 N–H and O–H groups in total. The molecule has 172 valence electrons. The summed E-state index contributed by atoms with van der Waals surface area (Å²) >= 11 is 0. The lowest BCUT2D eigenvalue weighted by atomic mass is 9.81. The number of hydrogen-bond donors (Lipinski definition) is 5. The van der Waals surface area contributed by atoms with Crippen molar-refractivity contribution in [2.75, 3.05) is 53.0 Å². The highest BCUT2D eigenvalue weighted by molar-refractivity contribution is 4.95. The molecule has 4 unspecified atom stereocenters. The summed E-state index contributed by atoms with van der Waals surface area (Å²) in [5.41, 5.74) is 0. The van der Waals surface area contributed by atoms with Crippen LogP contribution in [0.1, 0.15) is 70.6 Å². The molecule has 0 aromatic rings. The molecular formula is C23H48N4O2. The smallest absolute Gasteiger partial charge is 0.0431 e. The zero-order valence-corrected chi connectivity index (χ0v) is 18.9. The Kier molecular flexibility index (Phi) is 13.4. The summed E-state index contributed by atoms with van der Waals surface area (Å²) in [4.78, 5) is 2.62. The minimum absolute atomic E-state index is 0.330. The summed E-state index contributed by atoms with van der Waals surface area (Å²) in [6.07, 6.45) is 12.8. The number of nitrogens with one attached hydrogen (secondary N) is 3. The van der Waals surface area contributed by atoms with Crippen LogP contribution < -0.4 is 16.0 Å². The van der Waals surface area contributed by atoms with Crippen molar-refractivity contribution >= 4 is 0 Å². The Morgan fingerprint density at radius 2 is 1.62 bits per heavy atom. The Labute approximate surface area is 179 Å². The van der Waals surface area contributed by atoms with E-state index in [4.69, 9.17) is 10.2 Å². The van der Waals surface area contributed by atoms with Crippen LogP contribution in [0.15, 0.2) is 0 Å². The van der Waals surface area contributed by atoms with Gasteiger partial charge in [0.25, 0.3) is 0 Å². The molecule has 29 heavy (non-hydrogen) atoms. The SMILES string of the molecule is CN(CCCCCCO)C1CCNCC1C1CC(NCCCCCCO)CCN1. The minimum atomic E-state index is 0.330. The number of aliphatic hydroxyl groups excluding tert-OH is 2. The first-order valence-electron chi connectivity index (χ1n) is 12.4. The number of nitrogens with zero attached hydrogens (tertiary/aromatic N) is 1. The van der Waals surface area contributed by atoms with E-state index >= 15 is 0 Å². The molecule has 2 fully saturated rings. The molecule has 2 aliphatic heterocycles. The first-order valence-corrected chi connectivity index (χ1v) is 12.4. The summed E-state index contributed by atoms with van der Waals surface area (Å²) in [6.45, 7) is 6.34. The molecule has 2 saturated heterocycles. The quantitative estimate of drug-likeness (QED) is 0.264. The van der Waals surface area contributed by atoms with Crippen LogP contribution in [0.4, 0.5) is 0 Å². The van der Waals surface area contributed by atoms with Gasteiger partial charge in [0.05, 0.1) is 0 Å². The van der Waals surface area contributed by atoms with Crippen molar-refractivity contribution in [3.05, 3.63) is 0 Å². The van der Waals surface area contributed by atoms with Crippen molar-refractivity contribution in [2.45, 2.75) is 88.8 Å². The largest absolute Gasteiger partial charge is 0.396 e. The number of hydrogen-bond acceptors (Lipinski definition) is 6. The number of aliphatic hydroxyl groups is 2. The van der Waals surface area contributed by atoms with E-state index in [1.165, 1.54) is 51.5 Å². The number of unbranched alkanes of at least 4 members (excludes halogenated alkanes) is 6. The van der Waals surface area contributed by atoms with Crippen LogP contribution in [0, 0.1) is 5.92 Å². The normalized spacial score (nSPS) is 28.1. The average molecular weight is 413 g/mol. The minimum Gasteiger partial charge on any atom is -0.396 e. The molecule has 0 radical (unpaired) electrons. The number of piperidine rings is 2. The van der Waals surface area contributed by atoms with Crippen molar-refractivity contribution in [1.29, 1.82) is 0 Å². The molecule has 2 heterocycles. The Hall–Kier alpha value is -0.240. The Balaban J connectivity index is 1.73. The zero-order valence-electron chi connectivity index (χ0n) is 18.9. The van der Waals surface area contributed by atoms with E-state index in [1.807, 2.05) is 0 Å². The van der Waals surface area contributed by atoms with Crippen LogP contribution in [-0.4, -0.2) is 86.2 Å². The lowest BCUT2D eigenvalue weighted by Crippen LogP contribution is -2.59. The number of rotatable bonds is 15. The summed E-state index contributed by atoms with van der Waals surface area (Å²) in [5.74, 6) is 0.681. The summed E-state index contributed by atoms with van der Waals surface area (Å²) < 4.78 is 0. The maximum atomic E-state index is 8.94. The van der Waals surface area contributed by atoms with Crippen LogP contribution >= 0.6 is 0 Å². The summed E-state index contributed by atoms with van der Waals surface area (Å²) in [6, 6.07) is 1.92. The first kappa shape index (κ1) is 25.0. The topological polar surface area (TPSA) is 79.8 Å². The van der Waals surface area contributed by atoms with Gasteiger partial charge >= 0.3 is 0 Å². The maximum Gasteiger partial charge on any atom is 0.0431 e. The molecule has 0 amide bonds. The second kappa shape index (κ2) is 15.5. The van der Waals surface area contributed by atoms with E-state index in [-0.39, 0.29) is 0 Å². The van der Waals surface area contributed by atoms with Crippen LogP contribution in [-0.2, 0) is 0 Å². The lowest BCUT2D eigenvalue weighted by molar-refractivity contribution is 0.0957. The second-order valence-electron chi connectivity index (χ2n) is 9.22.